The minimum absolute atomic E-state index is 0.248. The second kappa shape index (κ2) is 2.19. The van der Waals surface area contributed by atoms with Crippen LogP contribution in [-0.4, -0.2) is 33.1 Å². The van der Waals surface area contributed by atoms with Crippen LogP contribution in [0.5, 0.6) is 0 Å². The van der Waals surface area contributed by atoms with E-state index in [9.17, 15) is 0 Å². The summed E-state index contributed by atoms with van der Waals surface area (Å²) in [5, 5.41) is 3.28. The topological polar surface area (TPSA) is 30.5 Å². The molecule has 1 aliphatic heterocycles. The normalized spacial score (nSPS) is 31.1. The fourth-order valence-electron chi connectivity index (χ4n) is 2.19. The van der Waals surface area contributed by atoms with Crippen molar-refractivity contribution in [2.75, 3.05) is 27.3 Å². The van der Waals surface area contributed by atoms with Gasteiger partial charge >= 0.3 is 0 Å². The van der Waals surface area contributed by atoms with Gasteiger partial charge in [0.2, 0.25) is 0 Å². The Labute approximate surface area is 67.1 Å². The van der Waals surface area contributed by atoms with Crippen molar-refractivity contribution in [2.45, 2.75) is 18.6 Å². The first-order valence-corrected chi connectivity index (χ1v) is 4.05. The van der Waals surface area contributed by atoms with Gasteiger partial charge in [0, 0.05) is 45.6 Å². The summed E-state index contributed by atoms with van der Waals surface area (Å²) in [5.41, 5.74) is 0.520. The zero-order valence-electron chi connectivity index (χ0n) is 7.14. The Morgan fingerprint density at radius 1 is 1.09 bits per heavy atom. The fraction of sp³-hybridized carbons (Fsp3) is 1.00. The molecular formula is C8H15NO2. The maximum atomic E-state index is 5.30. The molecule has 0 aromatic rings. The van der Waals surface area contributed by atoms with Gasteiger partial charge in [0.05, 0.1) is 0 Å². The van der Waals surface area contributed by atoms with Crippen LogP contribution in [0.25, 0.3) is 0 Å². The largest absolute Gasteiger partial charge is 0.353 e. The van der Waals surface area contributed by atoms with Gasteiger partial charge in [0.25, 0.3) is 0 Å². The summed E-state index contributed by atoms with van der Waals surface area (Å²) in [5.74, 6) is -0.248. The van der Waals surface area contributed by atoms with Gasteiger partial charge in [-0.2, -0.15) is 0 Å². The molecule has 1 saturated heterocycles. The van der Waals surface area contributed by atoms with Crippen LogP contribution >= 0.6 is 0 Å². The summed E-state index contributed by atoms with van der Waals surface area (Å²) in [4.78, 5) is 0. The van der Waals surface area contributed by atoms with Crippen LogP contribution in [0, 0.1) is 5.41 Å². The second-order valence-corrected chi connectivity index (χ2v) is 3.78. The molecule has 2 rings (SSSR count). The predicted octanol–water partition coefficient (Wildman–Crippen LogP) is 0.359. The van der Waals surface area contributed by atoms with E-state index in [4.69, 9.17) is 9.47 Å². The number of rotatable bonds is 2. The van der Waals surface area contributed by atoms with Crippen LogP contribution in [0.15, 0.2) is 0 Å². The summed E-state index contributed by atoms with van der Waals surface area (Å²) in [7, 11) is 3.45. The molecule has 0 amide bonds. The van der Waals surface area contributed by atoms with E-state index in [2.05, 4.69) is 5.32 Å². The molecule has 1 aliphatic carbocycles. The van der Waals surface area contributed by atoms with Crippen molar-refractivity contribution in [1.82, 2.24) is 5.32 Å². The van der Waals surface area contributed by atoms with Crippen LogP contribution in [0.3, 0.4) is 0 Å². The molecule has 0 aromatic heterocycles. The number of methoxy groups -OCH3 is 2. The van der Waals surface area contributed by atoms with Gasteiger partial charge < -0.3 is 14.8 Å². The van der Waals surface area contributed by atoms with Crippen LogP contribution in [0.1, 0.15) is 12.8 Å². The van der Waals surface area contributed by atoms with Crippen molar-refractivity contribution < 1.29 is 9.47 Å². The summed E-state index contributed by atoms with van der Waals surface area (Å²) in [6.07, 6.45) is 2.11. The molecule has 0 aromatic carbocycles. The van der Waals surface area contributed by atoms with E-state index in [1.807, 2.05) is 0 Å². The molecule has 11 heavy (non-hydrogen) atoms. The molecule has 3 heteroatoms. The van der Waals surface area contributed by atoms with Gasteiger partial charge in [-0.1, -0.05) is 0 Å². The molecule has 0 radical (unpaired) electrons. The SMILES string of the molecule is COC1(OC)CC2(CNC2)C1. The van der Waals surface area contributed by atoms with E-state index in [1.54, 1.807) is 14.2 Å². The molecule has 2 aliphatic rings. The summed E-state index contributed by atoms with van der Waals surface area (Å²) >= 11 is 0. The van der Waals surface area contributed by atoms with Crippen LogP contribution in [0.4, 0.5) is 0 Å². The van der Waals surface area contributed by atoms with Gasteiger partial charge in [-0.25, -0.2) is 0 Å². The summed E-state index contributed by atoms with van der Waals surface area (Å²) < 4.78 is 10.6. The lowest BCUT2D eigenvalue weighted by molar-refractivity contribution is -0.304. The first-order chi connectivity index (χ1) is 5.24. The molecule has 1 spiro atoms. The van der Waals surface area contributed by atoms with E-state index in [1.165, 1.54) is 0 Å². The highest BCUT2D eigenvalue weighted by Gasteiger charge is 2.58. The average Bonchev–Trinajstić information content (AvgIpc) is 1.85. The van der Waals surface area contributed by atoms with Crippen molar-refractivity contribution in [2.24, 2.45) is 5.41 Å². The minimum Gasteiger partial charge on any atom is -0.353 e. The van der Waals surface area contributed by atoms with Crippen LogP contribution in [0.2, 0.25) is 0 Å². The lowest BCUT2D eigenvalue weighted by Gasteiger charge is -2.59. The van der Waals surface area contributed by atoms with Gasteiger partial charge in [0.15, 0.2) is 5.79 Å². The zero-order chi connectivity index (χ0) is 7.95. The molecule has 2 fully saturated rings. The Morgan fingerprint density at radius 3 is 1.91 bits per heavy atom. The van der Waals surface area contributed by atoms with Crippen LogP contribution in [-0.2, 0) is 9.47 Å². The summed E-state index contributed by atoms with van der Waals surface area (Å²) in [6, 6.07) is 0. The lowest BCUT2D eigenvalue weighted by atomic mass is 9.60. The third-order valence-electron chi connectivity index (χ3n) is 3.03. The number of hydrogen-bond donors (Lipinski definition) is 1. The molecular weight excluding hydrogens is 142 g/mol. The Bertz CT molecular complexity index is 151. The fourth-order valence-corrected chi connectivity index (χ4v) is 2.19. The second-order valence-electron chi connectivity index (χ2n) is 3.78. The van der Waals surface area contributed by atoms with Gasteiger partial charge in [0.1, 0.15) is 0 Å². The van der Waals surface area contributed by atoms with Crippen molar-refractivity contribution >= 4 is 0 Å². The standard InChI is InChI=1S/C8H15NO2/c1-10-8(11-2)3-7(4-8)5-9-6-7/h9H,3-6H2,1-2H3. The maximum Gasteiger partial charge on any atom is 0.168 e. The van der Waals surface area contributed by atoms with Crippen molar-refractivity contribution in [3.05, 3.63) is 0 Å². The third-order valence-corrected chi connectivity index (χ3v) is 3.03. The van der Waals surface area contributed by atoms with Gasteiger partial charge in [-0.05, 0) is 0 Å². The summed E-state index contributed by atoms with van der Waals surface area (Å²) in [6.45, 7) is 2.28. The Kier molecular flexibility index (Phi) is 1.50. The first-order valence-electron chi connectivity index (χ1n) is 4.05. The smallest absolute Gasteiger partial charge is 0.168 e. The quantitative estimate of drug-likeness (QED) is 0.587. The predicted molar refractivity (Wildman–Crippen MR) is 41.3 cm³/mol. The van der Waals surface area contributed by atoms with Gasteiger partial charge in [-0.15, -0.1) is 0 Å². The minimum atomic E-state index is -0.248. The number of hydrogen-bond acceptors (Lipinski definition) is 3. The zero-order valence-corrected chi connectivity index (χ0v) is 7.14. The van der Waals surface area contributed by atoms with E-state index in [0.717, 1.165) is 25.9 Å². The molecule has 0 bridgehead atoms. The van der Waals surface area contributed by atoms with Crippen molar-refractivity contribution in [3.63, 3.8) is 0 Å². The molecule has 0 atom stereocenters. The van der Waals surface area contributed by atoms with E-state index in [0.29, 0.717) is 5.41 Å². The molecule has 1 heterocycles. The molecule has 64 valence electrons. The Morgan fingerprint density at radius 2 is 1.64 bits per heavy atom. The lowest BCUT2D eigenvalue weighted by Crippen LogP contribution is -2.67. The first kappa shape index (κ1) is 7.53. The van der Waals surface area contributed by atoms with E-state index >= 15 is 0 Å². The number of ether oxygens (including phenoxy) is 2. The molecule has 1 N–H and O–H groups in total. The number of nitrogens with one attached hydrogen (secondary N) is 1. The third kappa shape index (κ3) is 0.916. The molecule has 0 unspecified atom stereocenters. The highest BCUT2D eigenvalue weighted by atomic mass is 16.7. The van der Waals surface area contributed by atoms with Crippen molar-refractivity contribution in [1.29, 1.82) is 0 Å². The highest BCUT2D eigenvalue weighted by molar-refractivity contribution is 5.07. The highest BCUT2D eigenvalue weighted by Crippen LogP contribution is 2.52. The van der Waals surface area contributed by atoms with E-state index in [-0.39, 0.29) is 5.79 Å². The molecule has 1 saturated carbocycles. The van der Waals surface area contributed by atoms with Crippen LogP contribution < -0.4 is 5.32 Å². The monoisotopic (exact) mass is 157 g/mol. The molecule has 3 nitrogen and oxygen atoms in total. The van der Waals surface area contributed by atoms with Gasteiger partial charge in [-0.3, -0.25) is 0 Å². The van der Waals surface area contributed by atoms with Crippen molar-refractivity contribution in [3.8, 4) is 0 Å². The van der Waals surface area contributed by atoms with E-state index < -0.39 is 0 Å². The Hall–Kier alpha value is -0.120. The average molecular weight is 157 g/mol. The Balaban J connectivity index is 1.93. The maximum absolute atomic E-state index is 5.30.